The predicted molar refractivity (Wildman–Crippen MR) is 140 cm³/mol. The molecule has 1 heterocycles. The van der Waals surface area contributed by atoms with Crippen molar-refractivity contribution in [3.05, 3.63) is 116 Å². The van der Waals surface area contributed by atoms with E-state index in [0.29, 0.717) is 48.3 Å². The molecule has 0 spiro atoms. The van der Waals surface area contributed by atoms with Gasteiger partial charge in [0.15, 0.2) is 0 Å². The highest BCUT2D eigenvalue weighted by molar-refractivity contribution is 6.30. The minimum atomic E-state index is -0.360. The number of amides is 1. The second-order valence-electron chi connectivity index (χ2n) is 8.52. The third-order valence-electron chi connectivity index (χ3n) is 5.98. The molecule has 6 nitrogen and oxygen atoms in total. The number of unbranched alkanes of at least 4 members (excludes halogenated alkanes) is 1. The van der Waals surface area contributed by atoms with Crippen LogP contribution in [0.2, 0.25) is 5.02 Å². The van der Waals surface area contributed by atoms with Crippen LogP contribution >= 0.6 is 11.6 Å². The van der Waals surface area contributed by atoms with Crippen LogP contribution < -0.4 is 16.6 Å². The van der Waals surface area contributed by atoms with Crippen molar-refractivity contribution in [3.63, 3.8) is 0 Å². The van der Waals surface area contributed by atoms with Crippen molar-refractivity contribution < 1.29 is 4.79 Å². The van der Waals surface area contributed by atoms with E-state index in [4.69, 9.17) is 11.6 Å². The maximum Gasteiger partial charge on any atom is 0.331 e. The number of hydrogen-bond acceptors (Lipinski definition) is 3. The Bertz CT molecular complexity index is 1430. The molecule has 4 aromatic rings. The SMILES string of the molecule is O=C(CCCCn1c(=O)c2ccccc2n(Cc2cccc(Cl)c2)c1=O)NCCc1ccccc1. The summed E-state index contributed by atoms with van der Waals surface area (Å²) in [7, 11) is 0. The summed E-state index contributed by atoms with van der Waals surface area (Å²) in [6, 6.07) is 24.5. The highest BCUT2D eigenvalue weighted by Gasteiger charge is 2.13. The number of nitrogens with one attached hydrogen (secondary N) is 1. The Morgan fingerprint density at radius 2 is 1.57 bits per heavy atom. The van der Waals surface area contributed by atoms with E-state index in [-0.39, 0.29) is 23.7 Å². The number of para-hydroxylation sites is 1. The summed E-state index contributed by atoms with van der Waals surface area (Å²) < 4.78 is 2.89. The third-order valence-corrected chi connectivity index (χ3v) is 6.21. The van der Waals surface area contributed by atoms with E-state index in [9.17, 15) is 14.4 Å². The summed E-state index contributed by atoms with van der Waals surface area (Å²) in [5.74, 6) is -0.0230. The Labute approximate surface area is 208 Å². The second kappa shape index (κ2) is 11.7. The van der Waals surface area contributed by atoms with Crippen LogP contribution in [0.3, 0.4) is 0 Å². The Morgan fingerprint density at radius 3 is 2.37 bits per heavy atom. The zero-order chi connectivity index (χ0) is 24.6. The number of rotatable bonds is 10. The standard InChI is InChI=1S/C28H28ClN3O3/c29-23-12-8-11-22(19-23)20-32-25-14-5-4-13-24(25)27(34)31(28(32)35)18-7-6-15-26(33)30-17-16-21-9-2-1-3-10-21/h1-5,8-14,19H,6-7,15-18,20H2,(H,30,33). The van der Waals surface area contributed by atoms with Crippen LogP contribution in [0.15, 0.2) is 88.5 Å². The van der Waals surface area contributed by atoms with Gasteiger partial charge in [-0.2, -0.15) is 0 Å². The predicted octanol–water partition coefficient (Wildman–Crippen LogP) is 4.39. The number of nitrogens with zero attached hydrogens (tertiary/aromatic N) is 2. The normalized spacial score (nSPS) is 11.0. The highest BCUT2D eigenvalue weighted by Crippen LogP contribution is 2.14. The van der Waals surface area contributed by atoms with E-state index in [1.54, 1.807) is 28.8 Å². The quantitative estimate of drug-likeness (QED) is 0.336. The molecule has 35 heavy (non-hydrogen) atoms. The van der Waals surface area contributed by atoms with Gasteiger partial charge in [-0.05, 0) is 54.7 Å². The molecule has 0 radical (unpaired) electrons. The number of hydrogen-bond donors (Lipinski definition) is 1. The van der Waals surface area contributed by atoms with Crippen LogP contribution in [-0.4, -0.2) is 21.6 Å². The number of aromatic nitrogens is 2. The molecule has 0 atom stereocenters. The molecule has 0 unspecified atom stereocenters. The molecule has 3 aromatic carbocycles. The number of carbonyl (C=O) groups excluding carboxylic acids is 1. The van der Waals surface area contributed by atoms with Gasteiger partial charge >= 0.3 is 5.69 Å². The first-order valence-corrected chi connectivity index (χ1v) is 12.2. The summed E-state index contributed by atoms with van der Waals surface area (Å²) in [6.45, 7) is 1.15. The van der Waals surface area contributed by atoms with Gasteiger partial charge in [-0.3, -0.25) is 18.7 Å². The lowest BCUT2D eigenvalue weighted by atomic mass is 10.1. The van der Waals surface area contributed by atoms with E-state index >= 15 is 0 Å². The average Bonchev–Trinajstić information content (AvgIpc) is 2.87. The number of carbonyl (C=O) groups is 1. The molecule has 1 aromatic heterocycles. The Morgan fingerprint density at radius 1 is 0.829 bits per heavy atom. The first-order chi connectivity index (χ1) is 17.0. The van der Waals surface area contributed by atoms with Crippen molar-refractivity contribution in [2.75, 3.05) is 6.54 Å². The van der Waals surface area contributed by atoms with Gasteiger partial charge in [0.25, 0.3) is 5.56 Å². The van der Waals surface area contributed by atoms with Crippen molar-refractivity contribution in [2.24, 2.45) is 0 Å². The van der Waals surface area contributed by atoms with Crippen LogP contribution in [0.25, 0.3) is 10.9 Å². The molecule has 0 saturated carbocycles. The smallest absolute Gasteiger partial charge is 0.331 e. The largest absolute Gasteiger partial charge is 0.356 e. The molecule has 4 rings (SSSR count). The average molecular weight is 490 g/mol. The monoisotopic (exact) mass is 489 g/mol. The van der Waals surface area contributed by atoms with Gasteiger partial charge in [0.1, 0.15) is 0 Å². The summed E-state index contributed by atoms with van der Waals surface area (Å²) in [5.41, 5.74) is 1.98. The fourth-order valence-electron chi connectivity index (χ4n) is 4.17. The summed E-state index contributed by atoms with van der Waals surface area (Å²) in [5, 5.41) is 4.02. The van der Waals surface area contributed by atoms with Crippen molar-refractivity contribution in [2.45, 2.75) is 38.8 Å². The van der Waals surface area contributed by atoms with Crippen molar-refractivity contribution >= 4 is 28.4 Å². The molecule has 0 aliphatic heterocycles. The molecule has 0 aliphatic rings. The van der Waals surface area contributed by atoms with Crippen LogP contribution in [0.1, 0.15) is 30.4 Å². The Balaban J connectivity index is 1.41. The second-order valence-corrected chi connectivity index (χ2v) is 8.95. The molecule has 180 valence electrons. The minimum absolute atomic E-state index is 0.0230. The lowest BCUT2D eigenvalue weighted by molar-refractivity contribution is -0.121. The molecule has 1 amide bonds. The van der Waals surface area contributed by atoms with Gasteiger partial charge in [-0.1, -0.05) is 66.2 Å². The topological polar surface area (TPSA) is 73.1 Å². The molecular weight excluding hydrogens is 462 g/mol. The first-order valence-electron chi connectivity index (χ1n) is 11.8. The minimum Gasteiger partial charge on any atom is -0.356 e. The summed E-state index contributed by atoms with van der Waals surface area (Å²) >= 11 is 6.12. The maximum atomic E-state index is 13.3. The van der Waals surface area contributed by atoms with E-state index in [2.05, 4.69) is 5.32 Å². The maximum absolute atomic E-state index is 13.3. The van der Waals surface area contributed by atoms with Crippen LogP contribution in [-0.2, 0) is 24.3 Å². The Kier molecular flexibility index (Phi) is 8.16. The van der Waals surface area contributed by atoms with Crippen molar-refractivity contribution in [3.8, 4) is 0 Å². The van der Waals surface area contributed by atoms with Gasteiger partial charge in [0.05, 0.1) is 17.4 Å². The van der Waals surface area contributed by atoms with Crippen LogP contribution in [0.5, 0.6) is 0 Å². The molecule has 0 saturated heterocycles. The zero-order valence-electron chi connectivity index (χ0n) is 19.5. The highest BCUT2D eigenvalue weighted by atomic mass is 35.5. The van der Waals surface area contributed by atoms with E-state index < -0.39 is 0 Å². The van der Waals surface area contributed by atoms with Crippen LogP contribution in [0, 0.1) is 0 Å². The van der Waals surface area contributed by atoms with Crippen molar-refractivity contribution in [1.82, 2.24) is 14.5 Å². The lowest BCUT2D eigenvalue weighted by Gasteiger charge is -2.14. The number of benzene rings is 3. The lowest BCUT2D eigenvalue weighted by Crippen LogP contribution is -2.40. The van der Waals surface area contributed by atoms with Gasteiger partial charge in [-0.15, -0.1) is 0 Å². The van der Waals surface area contributed by atoms with E-state index in [0.717, 1.165) is 12.0 Å². The van der Waals surface area contributed by atoms with Gasteiger partial charge in [0.2, 0.25) is 5.91 Å². The van der Waals surface area contributed by atoms with E-state index in [1.165, 1.54) is 10.1 Å². The fourth-order valence-corrected chi connectivity index (χ4v) is 4.39. The molecule has 7 heteroatoms. The van der Waals surface area contributed by atoms with Gasteiger partial charge in [0, 0.05) is 24.5 Å². The molecule has 0 aliphatic carbocycles. The summed E-state index contributed by atoms with van der Waals surface area (Å²) in [6.07, 6.45) is 2.28. The fraction of sp³-hybridized carbons (Fsp3) is 0.250. The third kappa shape index (κ3) is 6.28. The van der Waals surface area contributed by atoms with Crippen LogP contribution in [0.4, 0.5) is 0 Å². The molecule has 0 fully saturated rings. The summed E-state index contributed by atoms with van der Waals surface area (Å²) in [4.78, 5) is 38.6. The molecular formula is C28H28ClN3O3. The Hall–Kier alpha value is -3.64. The van der Waals surface area contributed by atoms with Gasteiger partial charge < -0.3 is 5.32 Å². The molecule has 0 bridgehead atoms. The number of fused-ring (bicyclic) bond motifs is 1. The number of halogens is 1. The first kappa shape index (κ1) is 24.5. The van der Waals surface area contributed by atoms with Crippen molar-refractivity contribution in [1.29, 1.82) is 0 Å². The zero-order valence-corrected chi connectivity index (χ0v) is 20.2. The van der Waals surface area contributed by atoms with Gasteiger partial charge in [-0.25, -0.2) is 4.79 Å². The van der Waals surface area contributed by atoms with E-state index in [1.807, 2.05) is 54.6 Å². The molecule has 1 N–H and O–H groups in total.